The van der Waals surface area contributed by atoms with E-state index in [4.69, 9.17) is 4.74 Å². The molecule has 4 heteroatoms. The third-order valence-corrected chi connectivity index (χ3v) is 3.05. The minimum absolute atomic E-state index is 0.0665. The molecule has 96 valence electrons. The first kappa shape index (κ1) is 12.6. The number of Topliss-reactive ketones (excluding diaryl/α,β-unsaturated/α-hetero) is 1. The van der Waals surface area contributed by atoms with Gasteiger partial charge in [-0.1, -0.05) is 0 Å². The summed E-state index contributed by atoms with van der Waals surface area (Å²) < 4.78 is 5.05. The van der Waals surface area contributed by atoms with E-state index in [-0.39, 0.29) is 5.78 Å². The maximum absolute atomic E-state index is 11.9. The fourth-order valence-corrected chi connectivity index (χ4v) is 1.96. The Morgan fingerprint density at radius 3 is 2.50 bits per heavy atom. The van der Waals surface area contributed by atoms with Gasteiger partial charge in [-0.2, -0.15) is 5.10 Å². The van der Waals surface area contributed by atoms with Gasteiger partial charge >= 0.3 is 0 Å². The Bertz CT molecular complexity index is 420. The lowest BCUT2D eigenvalue weighted by Gasteiger charge is -2.22. The Kier molecular flexibility index (Phi) is 4.34. The van der Waals surface area contributed by atoms with Crippen LogP contribution in [0.1, 0.15) is 29.6 Å². The number of hydrogen-bond donors (Lipinski definition) is 0. The molecule has 0 N–H and O–H groups in total. The van der Waals surface area contributed by atoms with Crippen LogP contribution in [0.5, 0.6) is 5.75 Å². The van der Waals surface area contributed by atoms with Crippen LogP contribution in [0.25, 0.3) is 0 Å². The van der Waals surface area contributed by atoms with Crippen molar-refractivity contribution in [1.82, 2.24) is 5.01 Å². The number of ketones is 1. The van der Waals surface area contributed by atoms with Gasteiger partial charge in [0.15, 0.2) is 0 Å². The van der Waals surface area contributed by atoms with Crippen molar-refractivity contribution in [1.29, 1.82) is 0 Å². The zero-order valence-electron chi connectivity index (χ0n) is 10.6. The summed E-state index contributed by atoms with van der Waals surface area (Å²) in [6, 6.07) is 7.07. The molecule has 0 bridgehead atoms. The smallest absolute Gasteiger partial charge is 0.205 e. The van der Waals surface area contributed by atoms with Crippen LogP contribution in [-0.4, -0.2) is 37.2 Å². The highest BCUT2D eigenvalue weighted by Crippen LogP contribution is 2.12. The number of hydrogen-bond acceptors (Lipinski definition) is 4. The Morgan fingerprint density at radius 1 is 1.22 bits per heavy atom. The van der Waals surface area contributed by atoms with Gasteiger partial charge in [-0.05, 0) is 43.5 Å². The summed E-state index contributed by atoms with van der Waals surface area (Å²) >= 11 is 0. The minimum Gasteiger partial charge on any atom is -0.497 e. The van der Waals surface area contributed by atoms with E-state index in [1.807, 2.05) is 5.01 Å². The molecule has 0 spiro atoms. The number of carbonyl (C=O) groups excluding carboxylic acids is 1. The largest absolute Gasteiger partial charge is 0.497 e. The van der Waals surface area contributed by atoms with Gasteiger partial charge in [0.25, 0.3) is 0 Å². The van der Waals surface area contributed by atoms with Gasteiger partial charge in [0, 0.05) is 18.7 Å². The molecule has 4 nitrogen and oxygen atoms in total. The van der Waals surface area contributed by atoms with E-state index in [1.165, 1.54) is 12.6 Å². The normalized spacial score (nSPS) is 15.9. The van der Waals surface area contributed by atoms with Crippen LogP contribution >= 0.6 is 0 Å². The quantitative estimate of drug-likeness (QED) is 0.605. The van der Waals surface area contributed by atoms with Crippen LogP contribution in [-0.2, 0) is 0 Å². The van der Waals surface area contributed by atoms with E-state index < -0.39 is 0 Å². The van der Waals surface area contributed by atoms with Gasteiger partial charge in [0.1, 0.15) is 5.75 Å². The molecule has 1 fully saturated rings. The minimum atomic E-state index is -0.0665. The van der Waals surface area contributed by atoms with Gasteiger partial charge in [0.05, 0.1) is 13.3 Å². The van der Waals surface area contributed by atoms with Crippen molar-refractivity contribution in [2.75, 3.05) is 20.2 Å². The first-order valence-electron chi connectivity index (χ1n) is 6.27. The summed E-state index contributed by atoms with van der Waals surface area (Å²) in [6.07, 6.45) is 4.99. The summed E-state index contributed by atoms with van der Waals surface area (Å²) in [6.45, 7) is 1.90. The average Bonchev–Trinajstić information content (AvgIpc) is 2.46. The molecule has 0 aromatic heterocycles. The van der Waals surface area contributed by atoms with Crippen LogP contribution in [0.15, 0.2) is 29.4 Å². The molecule has 0 amide bonds. The second-order valence-electron chi connectivity index (χ2n) is 4.35. The molecule has 0 atom stereocenters. The maximum atomic E-state index is 11.9. The summed E-state index contributed by atoms with van der Waals surface area (Å²) in [5.74, 6) is 0.683. The maximum Gasteiger partial charge on any atom is 0.205 e. The Hall–Kier alpha value is -1.84. The van der Waals surface area contributed by atoms with Gasteiger partial charge in [-0.25, -0.2) is 0 Å². The second-order valence-corrected chi connectivity index (χ2v) is 4.35. The number of nitrogens with zero attached hydrogens (tertiary/aromatic N) is 2. The van der Waals surface area contributed by atoms with E-state index in [1.54, 1.807) is 31.4 Å². The molecule has 1 aromatic carbocycles. The van der Waals surface area contributed by atoms with Gasteiger partial charge in [-0.3, -0.25) is 9.80 Å². The predicted octanol–water partition coefficient (Wildman–Crippen LogP) is 2.35. The highest BCUT2D eigenvalue weighted by Gasteiger charge is 2.08. The number of hydrazone groups is 1. The van der Waals surface area contributed by atoms with Crippen LogP contribution in [0.2, 0.25) is 0 Å². The van der Waals surface area contributed by atoms with Crippen LogP contribution in [0.4, 0.5) is 0 Å². The molecule has 1 aliphatic rings. The molecule has 0 aliphatic carbocycles. The fourth-order valence-electron chi connectivity index (χ4n) is 1.96. The molecular weight excluding hydrogens is 228 g/mol. The lowest BCUT2D eigenvalue weighted by molar-refractivity contribution is 0.106. The summed E-state index contributed by atoms with van der Waals surface area (Å²) in [5, 5.41) is 6.19. The van der Waals surface area contributed by atoms with Crippen molar-refractivity contribution >= 4 is 12.0 Å². The number of ether oxygens (including phenoxy) is 1. The summed E-state index contributed by atoms with van der Waals surface area (Å²) in [4.78, 5) is 11.9. The lowest BCUT2D eigenvalue weighted by atomic mass is 10.1. The van der Waals surface area contributed by atoms with Crippen molar-refractivity contribution in [3.63, 3.8) is 0 Å². The fraction of sp³-hybridized carbons (Fsp3) is 0.429. The highest BCUT2D eigenvalue weighted by atomic mass is 16.5. The van der Waals surface area contributed by atoms with Crippen molar-refractivity contribution in [2.45, 2.75) is 19.3 Å². The van der Waals surface area contributed by atoms with E-state index in [0.29, 0.717) is 5.56 Å². The number of piperidine rings is 1. The van der Waals surface area contributed by atoms with Crippen molar-refractivity contribution < 1.29 is 9.53 Å². The van der Waals surface area contributed by atoms with Crippen molar-refractivity contribution in [3.8, 4) is 5.75 Å². The van der Waals surface area contributed by atoms with E-state index in [2.05, 4.69) is 5.10 Å². The van der Waals surface area contributed by atoms with E-state index in [0.717, 1.165) is 31.7 Å². The van der Waals surface area contributed by atoms with Crippen LogP contribution < -0.4 is 4.74 Å². The number of methoxy groups -OCH3 is 1. The van der Waals surface area contributed by atoms with Gasteiger partial charge in [0.2, 0.25) is 5.78 Å². The van der Waals surface area contributed by atoms with Gasteiger partial charge in [-0.15, -0.1) is 0 Å². The second kappa shape index (κ2) is 6.19. The molecule has 0 saturated carbocycles. The zero-order valence-corrected chi connectivity index (χ0v) is 10.6. The topological polar surface area (TPSA) is 41.9 Å². The average molecular weight is 246 g/mol. The van der Waals surface area contributed by atoms with E-state index >= 15 is 0 Å². The third-order valence-electron chi connectivity index (χ3n) is 3.05. The first-order valence-corrected chi connectivity index (χ1v) is 6.27. The lowest BCUT2D eigenvalue weighted by Crippen LogP contribution is -2.25. The van der Waals surface area contributed by atoms with Crippen LogP contribution in [0, 0.1) is 0 Å². The zero-order chi connectivity index (χ0) is 12.8. The number of benzene rings is 1. The monoisotopic (exact) mass is 246 g/mol. The number of rotatable bonds is 4. The molecule has 0 radical (unpaired) electrons. The third kappa shape index (κ3) is 3.32. The summed E-state index contributed by atoms with van der Waals surface area (Å²) in [5.41, 5.74) is 0.636. The van der Waals surface area contributed by atoms with E-state index in [9.17, 15) is 4.79 Å². The van der Waals surface area contributed by atoms with Crippen molar-refractivity contribution in [3.05, 3.63) is 29.8 Å². The SMILES string of the molecule is COc1ccc(C(=O)C=NN2CCCCC2)cc1. The van der Waals surface area contributed by atoms with Gasteiger partial charge < -0.3 is 4.74 Å². The molecule has 1 aromatic rings. The Morgan fingerprint density at radius 2 is 1.89 bits per heavy atom. The molecule has 2 rings (SSSR count). The molecular formula is C14H18N2O2. The predicted molar refractivity (Wildman–Crippen MR) is 71.2 cm³/mol. The Labute approximate surface area is 107 Å². The summed E-state index contributed by atoms with van der Waals surface area (Å²) in [7, 11) is 1.61. The molecule has 18 heavy (non-hydrogen) atoms. The highest BCUT2D eigenvalue weighted by molar-refractivity contribution is 6.35. The molecule has 1 aliphatic heterocycles. The van der Waals surface area contributed by atoms with Crippen molar-refractivity contribution in [2.24, 2.45) is 5.10 Å². The molecule has 1 heterocycles. The molecule has 0 unspecified atom stereocenters. The van der Waals surface area contributed by atoms with Crippen LogP contribution in [0.3, 0.4) is 0 Å². The molecule has 1 saturated heterocycles. The number of carbonyl (C=O) groups is 1. The Balaban J connectivity index is 1.95. The first-order chi connectivity index (χ1) is 8.79. The standard InChI is InChI=1S/C14H18N2O2/c1-18-13-7-5-12(6-8-13)14(17)11-15-16-9-3-2-4-10-16/h5-8,11H,2-4,9-10H2,1H3.